The molecule has 1 unspecified atom stereocenters. The third kappa shape index (κ3) is 5.27. The summed E-state index contributed by atoms with van der Waals surface area (Å²) in [4.78, 5) is 0. The molecule has 2 aliphatic rings. The van der Waals surface area contributed by atoms with E-state index in [1.807, 2.05) is 0 Å². The number of hydrogen-bond donors (Lipinski definition) is 1. The molecular formula is C16H31NO. The van der Waals surface area contributed by atoms with Crippen molar-refractivity contribution in [1.82, 2.24) is 5.32 Å². The Morgan fingerprint density at radius 1 is 1.11 bits per heavy atom. The van der Waals surface area contributed by atoms with E-state index >= 15 is 0 Å². The van der Waals surface area contributed by atoms with E-state index in [1.165, 1.54) is 51.5 Å². The van der Waals surface area contributed by atoms with Gasteiger partial charge in [0, 0.05) is 12.6 Å². The van der Waals surface area contributed by atoms with E-state index in [1.54, 1.807) is 0 Å². The fourth-order valence-electron chi connectivity index (χ4n) is 3.06. The van der Waals surface area contributed by atoms with Crippen LogP contribution in [0, 0.1) is 11.8 Å². The van der Waals surface area contributed by atoms with E-state index in [4.69, 9.17) is 4.74 Å². The summed E-state index contributed by atoms with van der Waals surface area (Å²) in [7, 11) is 0. The van der Waals surface area contributed by atoms with Gasteiger partial charge in [0.2, 0.25) is 0 Å². The van der Waals surface area contributed by atoms with E-state index in [2.05, 4.69) is 26.1 Å². The van der Waals surface area contributed by atoms with Gasteiger partial charge in [-0.1, -0.05) is 25.7 Å². The van der Waals surface area contributed by atoms with Gasteiger partial charge in [-0.3, -0.25) is 0 Å². The van der Waals surface area contributed by atoms with Crippen LogP contribution in [-0.4, -0.2) is 24.8 Å². The number of ether oxygens (including phenoxy) is 1. The van der Waals surface area contributed by atoms with Crippen LogP contribution in [0.2, 0.25) is 0 Å². The normalized spacial score (nSPS) is 23.5. The molecule has 1 N–H and O–H groups in total. The topological polar surface area (TPSA) is 21.3 Å². The Hall–Kier alpha value is -0.0800. The molecule has 2 aliphatic carbocycles. The van der Waals surface area contributed by atoms with E-state index in [9.17, 15) is 0 Å². The van der Waals surface area contributed by atoms with Crippen LogP contribution in [0.4, 0.5) is 0 Å². The molecule has 2 nitrogen and oxygen atoms in total. The molecule has 18 heavy (non-hydrogen) atoms. The van der Waals surface area contributed by atoms with E-state index in [-0.39, 0.29) is 5.60 Å². The van der Waals surface area contributed by atoms with Crippen molar-refractivity contribution in [2.45, 2.75) is 77.4 Å². The van der Waals surface area contributed by atoms with E-state index in [0.29, 0.717) is 0 Å². The van der Waals surface area contributed by atoms with Crippen molar-refractivity contribution in [3.63, 3.8) is 0 Å². The molecule has 106 valence electrons. The lowest BCUT2D eigenvalue weighted by molar-refractivity contribution is -0.0122. The van der Waals surface area contributed by atoms with Crippen molar-refractivity contribution in [2.24, 2.45) is 11.8 Å². The number of nitrogens with one attached hydrogen (secondary N) is 1. The minimum absolute atomic E-state index is 0.0180. The molecule has 2 rings (SSSR count). The zero-order valence-electron chi connectivity index (χ0n) is 12.5. The van der Waals surface area contributed by atoms with E-state index < -0.39 is 0 Å². The smallest absolute Gasteiger partial charge is 0.0598 e. The van der Waals surface area contributed by atoms with Gasteiger partial charge in [-0.05, 0) is 58.4 Å². The fourth-order valence-corrected chi connectivity index (χ4v) is 3.06. The van der Waals surface area contributed by atoms with E-state index in [0.717, 1.165) is 24.5 Å². The summed E-state index contributed by atoms with van der Waals surface area (Å²) >= 11 is 0. The minimum Gasteiger partial charge on any atom is -0.376 e. The van der Waals surface area contributed by atoms with Gasteiger partial charge in [-0.15, -0.1) is 0 Å². The molecule has 2 saturated carbocycles. The third-order valence-corrected chi connectivity index (χ3v) is 4.34. The van der Waals surface area contributed by atoms with Gasteiger partial charge in [0.1, 0.15) is 0 Å². The highest BCUT2D eigenvalue weighted by Crippen LogP contribution is 2.33. The summed E-state index contributed by atoms with van der Waals surface area (Å²) in [5.74, 6) is 1.80. The Morgan fingerprint density at radius 2 is 1.78 bits per heavy atom. The molecule has 0 aromatic carbocycles. The van der Waals surface area contributed by atoms with Crippen molar-refractivity contribution in [3.05, 3.63) is 0 Å². The first-order valence-corrected chi connectivity index (χ1v) is 7.92. The average molecular weight is 253 g/mol. The monoisotopic (exact) mass is 253 g/mol. The maximum absolute atomic E-state index is 5.91. The van der Waals surface area contributed by atoms with Crippen LogP contribution in [-0.2, 0) is 4.74 Å². The van der Waals surface area contributed by atoms with Crippen LogP contribution in [0.15, 0.2) is 0 Å². The van der Waals surface area contributed by atoms with Gasteiger partial charge in [0.15, 0.2) is 0 Å². The summed E-state index contributed by atoms with van der Waals surface area (Å²) < 4.78 is 5.91. The third-order valence-electron chi connectivity index (χ3n) is 4.34. The molecular weight excluding hydrogens is 222 g/mol. The van der Waals surface area contributed by atoms with Gasteiger partial charge in [0.05, 0.1) is 5.60 Å². The number of hydrogen-bond acceptors (Lipinski definition) is 2. The molecule has 2 heteroatoms. The zero-order valence-corrected chi connectivity index (χ0v) is 12.5. The minimum atomic E-state index is 0.0180. The largest absolute Gasteiger partial charge is 0.376 e. The highest BCUT2D eigenvalue weighted by molar-refractivity contribution is 4.84. The van der Waals surface area contributed by atoms with Gasteiger partial charge >= 0.3 is 0 Å². The Morgan fingerprint density at radius 3 is 2.33 bits per heavy atom. The van der Waals surface area contributed by atoms with Crippen molar-refractivity contribution >= 4 is 0 Å². The first kappa shape index (κ1) is 14.3. The molecule has 0 spiro atoms. The lowest BCUT2D eigenvalue weighted by Gasteiger charge is -2.26. The molecule has 0 aromatic heterocycles. The van der Waals surface area contributed by atoms with Crippen LogP contribution in [0.3, 0.4) is 0 Å². The van der Waals surface area contributed by atoms with Crippen molar-refractivity contribution in [2.75, 3.05) is 13.2 Å². The second kappa shape index (κ2) is 6.38. The Kier molecular flexibility index (Phi) is 5.08. The molecule has 0 radical (unpaired) electrons. The molecule has 1 atom stereocenters. The number of rotatable bonds is 7. The van der Waals surface area contributed by atoms with Crippen molar-refractivity contribution in [3.8, 4) is 0 Å². The first-order chi connectivity index (χ1) is 8.54. The molecule has 2 fully saturated rings. The van der Waals surface area contributed by atoms with Crippen molar-refractivity contribution in [1.29, 1.82) is 0 Å². The standard InChI is InChI=1S/C16H31NO/c1-16(2,3)18-11-10-14(12-17-15-8-9-15)13-6-4-5-7-13/h13-15,17H,4-12H2,1-3H3. The van der Waals surface area contributed by atoms with Gasteiger partial charge in [0.25, 0.3) is 0 Å². The summed E-state index contributed by atoms with van der Waals surface area (Å²) in [5.41, 5.74) is 0.0180. The second-order valence-electron chi connectivity index (χ2n) is 7.24. The molecule has 0 bridgehead atoms. The average Bonchev–Trinajstić information content (AvgIpc) is 2.94. The van der Waals surface area contributed by atoms with Gasteiger partial charge in [-0.25, -0.2) is 0 Å². The fraction of sp³-hybridized carbons (Fsp3) is 1.00. The summed E-state index contributed by atoms with van der Waals surface area (Å²) in [6.45, 7) is 8.61. The van der Waals surface area contributed by atoms with Crippen molar-refractivity contribution < 1.29 is 4.74 Å². The first-order valence-electron chi connectivity index (χ1n) is 7.92. The quantitative estimate of drug-likeness (QED) is 0.746. The van der Waals surface area contributed by atoms with Gasteiger partial charge < -0.3 is 10.1 Å². The summed E-state index contributed by atoms with van der Waals surface area (Å²) in [6.07, 6.45) is 9.84. The highest BCUT2D eigenvalue weighted by Gasteiger charge is 2.28. The second-order valence-corrected chi connectivity index (χ2v) is 7.24. The molecule has 0 aromatic rings. The summed E-state index contributed by atoms with van der Waals surface area (Å²) in [5, 5.41) is 3.73. The van der Waals surface area contributed by atoms with Crippen LogP contribution in [0.5, 0.6) is 0 Å². The maximum atomic E-state index is 5.91. The van der Waals surface area contributed by atoms with Crippen LogP contribution in [0.25, 0.3) is 0 Å². The molecule has 0 saturated heterocycles. The zero-order chi connectivity index (χ0) is 13.0. The van der Waals surface area contributed by atoms with Crippen LogP contribution >= 0.6 is 0 Å². The Balaban J connectivity index is 1.71. The lowest BCUT2D eigenvalue weighted by Crippen LogP contribution is -2.31. The Bertz CT molecular complexity index is 236. The molecule has 0 amide bonds. The Labute approximate surface area is 113 Å². The highest BCUT2D eigenvalue weighted by atomic mass is 16.5. The molecule has 0 aliphatic heterocycles. The van der Waals surface area contributed by atoms with Crippen LogP contribution < -0.4 is 5.32 Å². The summed E-state index contributed by atoms with van der Waals surface area (Å²) in [6, 6.07) is 0.845. The molecule has 0 heterocycles. The lowest BCUT2D eigenvalue weighted by atomic mass is 9.88. The predicted octanol–water partition coefficient (Wildman–Crippen LogP) is 3.75. The SMILES string of the molecule is CC(C)(C)OCCC(CNC1CC1)C1CCCC1. The van der Waals surface area contributed by atoms with Gasteiger partial charge in [-0.2, -0.15) is 0 Å². The maximum Gasteiger partial charge on any atom is 0.0598 e. The predicted molar refractivity (Wildman–Crippen MR) is 76.8 cm³/mol. The van der Waals surface area contributed by atoms with Crippen LogP contribution in [0.1, 0.15) is 65.7 Å².